The molecule has 1 N–H and O–H groups in total. The van der Waals surface area contributed by atoms with Gasteiger partial charge in [-0.3, -0.25) is 14.9 Å². The summed E-state index contributed by atoms with van der Waals surface area (Å²) in [4.78, 5) is 22.6. The molecule has 0 saturated carbocycles. The molecule has 9 nitrogen and oxygen atoms in total. The molecule has 152 valence electrons. The summed E-state index contributed by atoms with van der Waals surface area (Å²) in [6.45, 7) is 2.69. The van der Waals surface area contributed by atoms with Crippen LogP contribution in [0.2, 0.25) is 0 Å². The summed E-state index contributed by atoms with van der Waals surface area (Å²) in [5, 5.41) is 14.7. The highest BCUT2D eigenvalue weighted by Gasteiger charge is 2.27. The van der Waals surface area contributed by atoms with Gasteiger partial charge in [0, 0.05) is 30.8 Å². The molecule has 0 aromatic heterocycles. The molecule has 0 atom stereocenters. The molecule has 0 bridgehead atoms. The molecule has 1 heterocycles. The second-order valence-electron chi connectivity index (χ2n) is 6.58. The Bertz CT molecular complexity index is 1040. The fourth-order valence-electron chi connectivity index (χ4n) is 2.94. The van der Waals surface area contributed by atoms with E-state index in [0.717, 1.165) is 12.8 Å². The van der Waals surface area contributed by atoms with Crippen LogP contribution in [0, 0.1) is 10.1 Å². The van der Waals surface area contributed by atoms with E-state index in [1.54, 1.807) is 19.1 Å². The van der Waals surface area contributed by atoms with Crippen molar-refractivity contribution < 1.29 is 18.1 Å². The molecule has 2 aromatic carbocycles. The van der Waals surface area contributed by atoms with Crippen molar-refractivity contribution in [1.82, 2.24) is 9.73 Å². The van der Waals surface area contributed by atoms with Gasteiger partial charge in [0.1, 0.15) is 0 Å². The van der Waals surface area contributed by atoms with Crippen molar-refractivity contribution in [3.05, 3.63) is 69.8 Å². The lowest BCUT2D eigenvalue weighted by atomic mass is 10.1. The molecule has 3 rings (SSSR count). The van der Waals surface area contributed by atoms with Gasteiger partial charge in [0.25, 0.3) is 11.6 Å². The molecule has 1 fully saturated rings. The average Bonchev–Trinajstić information content (AvgIpc) is 3.27. The monoisotopic (exact) mass is 416 g/mol. The number of carbonyl (C=O) groups excluding carboxylic acids is 1. The zero-order valence-electron chi connectivity index (χ0n) is 15.7. The predicted octanol–water partition coefficient (Wildman–Crippen LogP) is 2.53. The number of nitrogens with zero attached hydrogens (tertiary/aromatic N) is 3. The molecule has 0 radical (unpaired) electrons. The van der Waals surface area contributed by atoms with Crippen LogP contribution in [0.4, 0.5) is 5.69 Å². The number of nitrogens with one attached hydrogen (secondary N) is 1. The minimum Gasteiger partial charge on any atom is -0.267 e. The molecular formula is C19H20N4O5S. The van der Waals surface area contributed by atoms with Crippen LogP contribution in [-0.4, -0.2) is 42.4 Å². The number of rotatable bonds is 6. The quantitative estimate of drug-likeness (QED) is 0.440. The minimum absolute atomic E-state index is 0.0328. The van der Waals surface area contributed by atoms with E-state index in [-0.39, 0.29) is 16.1 Å². The van der Waals surface area contributed by atoms with E-state index in [4.69, 9.17) is 0 Å². The number of sulfonamides is 1. The standard InChI is InChI=1S/C19H20N4O5S/c1-14(15-4-8-17(9-5-15)23(25)26)20-21-19(24)16-6-10-18(11-7-16)29(27,28)22-12-2-3-13-22/h4-11H,2-3,12-13H2,1H3,(H,21,24)/b20-14-. The van der Waals surface area contributed by atoms with Crippen molar-refractivity contribution in [3.63, 3.8) is 0 Å². The Morgan fingerprint density at radius 2 is 1.59 bits per heavy atom. The molecule has 1 saturated heterocycles. The highest BCUT2D eigenvalue weighted by atomic mass is 32.2. The Hall–Kier alpha value is -3.11. The first-order valence-corrected chi connectivity index (χ1v) is 10.4. The minimum atomic E-state index is -3.53. The van der Waals surface area contributed by atoms with Crippen molar-refractivity contribution in [3.8, 4) is 0 Å². The third-order valence-corrected chi connectivity index (χ3v) is 6.55. The van der Waals surface area contributed by atoms with Crippen LogP contribution in [0.25, 0.3) is 0 Å². The number of benzene rings is 2. The number of hydrazone groups is 1. The van der Waals surface area contributed by atoms with Gasteiger partial charge in [0.2, 0.25) is 10.0 Å². The van der Waals surface area contributed by atoms with Crippen molar-refractivity contribution in [2.75, 3.05) is 13.1 Å². The van der Waals surface area contributed by atoms with Crippen molar-refractivity contribution in [2.24, 2.45) is 5.10 Å². The predicted molar refractivity (Wildman–Crippen MR) is 107 cm³/mol. The van der Waals surface area contributed by atoms with E-state index < -0.39 is 20.9 Å². The van der Waals surface area contributed by atoms with Crippen LogP contribution in [0.3, 0.4) is 0 Å². The maximum atomic E-state index is 12.5. The van der Waals surface area contributed by atoms with Crippen molar-refractivity contribution in [2.45, 2.75) is 24.7 Å². The third-order valence-electron chi connectivity index (χ3n) is 4.64. The van der Waals surface area contributed by atoms with Crippen LogP contribution in [0.1, 0.15) is 35.7 Å². The normalized spacial score (nSPS) is 15.3. The molecule has 29 heavy (non-hydrogen) atoms. The summed E-state index contributed by atoms with van der Waals surface area (Å²) < 4.78 is 26.5. The first-order valence-electron chi connectivity index (χ1n) is 8.99. The summed E-state index contributed by atoms with van der Waals surface area (Å²) in [6, 6.07) is 11.5. The Morgan fingerprint density at radius 3 is 2.14 bits per heavy atom. The molecule has 10 heteroatoms. The second-order valence-corrected chi connectivity index (χ2v) is 8.52. The zero-order chi connectivity index (χ0) is 21.0. The number of non-ortho nitro benzene ring substituents is 1. The van der Waals surface area contributed by atoms with Gasteiger partial charge in [-0.25, -0.2) is 13.8 Å². The van der Waals surface area contributed by atoms with E-state index in [1.807, 2.05) is 0 Å². The Kier molecular flexibility index (Phi) is 6.04. The van der Waals surface area contributed by atoms with Gasteiger partial charge in [0.15, 0.2) is 0 Å². The molecule has 0 unspecified atom stereocenters. The highest BCUT2D eigenvalue weighted by Crippen LogP contribution is 2.21. The number of nitro groups is 1. The maximum absolute atomic E-state index is 12.5. The van der Waals surface area contributed by atoms with Crippen molar-refractivity contribution >= 4 is 27.3 Å². The topological polar surface area (TPSA) is 122 Å². The van der Waals surface area contributed by atoms with Crippen LogP contribution in [0.15, 0.2) is 58.5 Å². The molecule has 1 amide bonds. The Balaban J connectivity index is 1.67. The number of hydrogen-bond acceptors (Lipinski definition) is 6. The van der Waals surface area contributed by atoms with E-state index in [9.17, 15) is 23.3 Å². The molecule has 0 spiro atoms. The first-order chi connectivity index (χ1) is 13.8. The van der Waals surface area contributed by atoms with Gasteiger partial charge in [-0.2, -0.15) is 9.41 Å². The van der Waals surface area contributed by atoms with E-state index in [2.05, 4.69) is 10.5 Å². The van der Waals surface area contributed by atoms with Crippen LogP contribution < -0.4 is 5.43 Å². The maximum Gasteiger partial charge on any atom is 0.271 e. The Morgan fingerprint density at radius 1 is 1.03 bits per heavy atom. The highest BCUT2D eigenvalue weighted by molar-refractivity contribution is 7.89. The molecular weight excluding hydrogens is 396 g/mol. The fourth-order valence-corrected chi connectivity index (χ4v) is 4.46. The van der Waals surface area contributed by atoms with Gasteiger partial charge in [-0.05, 0) is 61.7 Å². The van der Waals surface area contributed by atoms with E-state index in [1.165, 1.54) is 40.7 Å². The molecule has 1 aliphatic rings. The number of carbonyl (C=O) groups is 1. The SMILES string of the molecule is C/C(=N/NC(=O)c1ccc(S(=O)(=O)N2CCCC2)cc1)c1ccc([N+](=O)[O-])cc1. The smallest absolute Gasteiger partial charge is 0.267 e. The number of hydrogen-bond donors (Lipinski definition) is 1. The lowest BCUT2D eigenvalue weighted by Gasteiger charge is -2.15. The lowest BCUT2D eigenvalue weighted by Crippen LogP contribution is -2.28. The summed E-state index contributed by atoms with van der Waals surface area (Å²) in [5.41, 5.74) is 3.74. The number of amides is 1. The third kappa shape index (κ3) is 4.66. The molecule has 1 aliphatic heterocycles. The largest absolute Gasteiger partial charge is 0.271 e. The average molecular weight is 416 g/mol. The zero-order valence-corrected chi connectivity index (χ0v) is 16.6. The molecule has 0 aliphatic carbocycles. The van der Waals surface area contributed by atoms with Gasteiger partial charge in [0.05, 0.1) is 15.5 Å². The van der Waals surface area contributed by atoms with Gasteiger partial charge in [-0.1, -0.05) is 0 Å². The summed E-state index contributed by atoms with van der Waals surface area (Å²) in [7, 11) is -3.53. The summed E-state index contributed by atoms with van der Waals surface area (Å²) in [6.07, 6.45) is 1.71. The van der Waals surface area contributed by atoms with E-state index >= 15 is 0 Å². The molecule has 2 aromatic rings. The van der Waals surface area contributed by atoms with Gasteiger partial charge < -0.3 is 0 Å². The van der Waals surface area contributed by atoms with Crippen LogP contribution >= 0.6 is 0 Å². The van der Waals surface area contributed by atoms with Gasteiger partial charge in [-0.15, -0.1) is 0 Å². The van der Waals surface area contributed by atoms with E-state index in [0.29, 0.717) is 24.4 Å². The van der Waals surface area contributed by atoms with Crippen LogP contribution in [0.5, 0.6) is 0 Å². The van der Waals surface area contributed by atoms with Gasteiger partial charge >= 0.3 is 0 Å². The summed E-state index contributed by atoms with van der Waals surface area (Å²) >= 11 is 0. The lowest BCUT2D eigenvalue weighted by molar-refractivity contribution is -0.384. The first kappa shape index (κ1) is 20.6. The van der Waals surface area contributed by atoms with Crippen molar-refractivity contribution in [1.29, 1.82) is 0 Å². The Labute approximate surface area is 168 Å². The van der Waals surface area contributed by atoms with Crippen LogP contribution in [-0.2, 0) is 10.0 Å². The summed E-state index contributed by atoms with van der Waals surface area (Å²) in [5.74, 6) is -0.489. The second kappa shape index (κ2) is 8.50. The fraction of sp³-hybridized carbons (Fsp3) is 0.263. The number of nitro benzene ring substituents is 1.